The zero-order valence-electron chi connectivity index (χ0n) is 24.2. The quantitative estimate of drug-likeness (QED) is 0.234. The highest BCUT2D eigenvalue weighted by Crippen LogP contribution is 2.36. The zero-order valence-corrected chi connectivity index (χ0v) is 25.8. The maximum Gasteiger partial charge on any atom is 0.411 e. The van der Waals surface area contributed by atoms with Gasteiger partial charge in [-0.3, -0.25) is 10.1 Å². The third-order valence-corrected chi connectivity index (χ3v) is 6.33. The summed E-state index contributed by atoms with van der Waals surface area (Å²) >= 11 is 3.43. The molecule has 3 aromatic rings. The van der Waals surface area contributed by atoms with Crippen LogP contribution in [0.3, 0.4) is 0 Å². The fraction of sp³-hybridized carbons (Fsp3) is 0.433. The molecule has 216 valence electrons. The lowest BCUT2D eigenvalue weighted by atomic mass is 9.94. The summed E-state index contributed by atoms with van der Waals surface area (Å²) in [5, 5.41) is 2.79. The van der Waals surface area contributed by atoms with E-state index >= 15 is 0 Å². The fourth-order valence-electron chi connectivity index (χ4n) is 3.94. The summed E-state index contributed by atoms with van der Waals surface area (Å²) in [6.45, 7) is 12.8. The number of oxazole rings is 1. The predicted octanol–water partition coefficient (Wildman–Crippen LogP) is 7.44. The first-order valence-corrected chi connectivity index (χ1v) is 13.8. The number of methoxy groups -OCH3 is 1. The van der Waals surface area contributed by atoms with Gasteiger partial charge < -0.3 is 23.4 Å². The smallest absolute Gasteiger partial charge is 0.411 e. The topological polar surface area (TPSA) is 109 Å². The first-order chi connectivity index (χ1) is 18.8. The van der Waals surface area contributed by atoms with E-state index in [1.165, 1.54) is 7.11 Å². The summed E-state index contributed by atoms with van der Waals surface area (Å²) in [5.74, 6) is 0.243. The second kappa shape index (κ2) is 13.2. The number of esters is 1. The molecule has 1 atom stereocenters. The van der Waals surface area contributed by atoms with Crippen LogP contribution < -0.4 is 14.8 Å². The summed E-state index contributed by atoms with van der Waals surface area (Å²) in [7, 11) is 1.52. The summed E-state index contributed by atoms with van der Waals surface area (Å²) in [6, 6.07) is 11.1. The molecule has 1 N–H and O–H groups in total. The molecule has 0 fully saturated rings. The Morgan fingerprint density at radius 2 is 1.75 bits per heavy atom. The van der Waals surface area contributed by atoms with Gasteiger partial charge in [0.1, 0.15) is 17.0 Å². The molecule has 1 aromatic heterocycles. The Morgan fingerprint density at radius 3 is 2.35 bits per heavy atom. The summed E-state index contributed by atoms with van der Waals surface area (Å²) in [5.41, 5.74) is 2.59. The van der Waals surface area contributed by atoms with Gasteiger partial charge in [0.15, 0.2) is 0 Å². The third kappa shape index (κ3) is 8.24. The number of benzene rings is 2. The van der Waals surface area contributed by atoms with Crippen molar-refractivity contribution in [1.82, 2.24) is 4.98 Å². The Balaban J connectivity index is 1.84. The van der Waals surface area contributed by atoms with Gasteiger partial charge in [-0.1, -0.05) is 22.0 Å². The molecule has 40 heavy (non-hydrogen) atoms. The van der Waals surface area contributed by atoms with Crippen LogP contribution in [0.2, 0.25) is 0 Å². The Labute approximate surface area is 243 Å². The monoisotopic (exact) mass is 616 g/mol. The van der Waals surface area contributed by atoms with Crippen LogP contribution in [0.1, 0.15) is 64.3 Å². The number of rotatable bonds is 10. The van der Waals surface area contributed by atoms with Crippen LogP contribution in [-0.4, -0.2) is 42.5 Å². The van der Waals surface area contributed by atoms with Gasteiger partial charge >= 0.3 is 18.0 Å². The lowest BCUT2D eigenvalue weighted by Gasteiger charge is -2.24. The average molecular weight is 618 g/mol. The van der Waals surface area contributed by atoms with Gasteiger partial charge in [0, 0.05) is 16.5 Å². The molecule has 0 saturated carbocycles. The highest BCUT2D eigenvalue weighted by Gasteiger charge is 2.26. The number of aromatic nitrogens is 1. The molecule has 0 saturated heterocycles. The molecular weight excluding hydrogens is 580 g/mol. The van der Waals surface area contributed by atoms with Crippen molar-refractivity contribution < 1.29 is 33.0 Å². The molecule has 1 amide bonds. The van der Waals surface area contributed by atoms with Gasteiger partial charge in [0.25, 0.3) is 0 Å². The van der Waals surface area contributed by atoms with E-state index in [2.05, 4.69) is 26.2 Å². The number of carbonyl (C=O) groups excluding carboxylic acids is 2. The Morgan fingerprint density at radius 1 is 1.07 bits per heavy atom. The number of ether oxygens (including phenoxy) is 4. The molecule has 1 heterocycles. The van der Waals surface area contributed by atoms with Crippen molar-refractivity contribution in [3.63, 3.8) is 0 Å². The van der Waals surface area contributed by atoms with E-state index in [9.17, 15) is 9.59 Å². The van der Waals surface area contributed by atoms with Crippen LogP contribution in [0.15, 0.2) is 45.3 Å². The van der Waals surface area contributed by atoms with Gasteiger partial charge in [-0.05, 0) is 89.9 Å². The van der Waals surface area contributed by atoms with E-state index in [1.807, 2.05) is 52.0 Å². The van der Waals surface area contributed by atoms with E-state index in [0.29, 0.717) is 46.5 Å². The number of amides is 1. The van der Waals surface area contributed by atoms with Crippen LogP contribution >= 0.6 is 15.9 Å². The average Bonchev–Trinajstić information content (AvgIpc) is 3.27. The number of carbonyl (C=O) groups is 2. The number of nitrogens with one attached hydrogen (secondary N) is 1. The van der Waals surface area contributed by atoms with Crippen LogP contribution in [0.5, 0.6) is 11.7 Å². The Hall–Kier alpha value is -3.53. The van der Waals surface area contributed by atoms with Crippen molar-refractivity contribution in [2.75, 3.05) is 19.0 Å². The Bertz CT molecular complexity index is 1330. The molecule has 0 aliphatic rings. The van der Waals surface area contributed by atoms with Crippen molar-refractivity contribution in [1.29, 1.82) is 0 Å². The summed E-state index contributed by atoms with van der Waals surface area (Å²) in [6.07, 6.45) is -0.552. The molecule has 9 nitrogen and oxygen atoms in total. The SMILES string of the molecule is COc1oc(-c2ccc(Br)cc2)nc1CCOc1ccc(C(C)C(=O)OC(C)(C)C)c(C)c1NC(=O)OC(C)C. The molecule has 0 radical (unpaired) electrons. The predicted molar refractivity (Wildman–Crippen MR) is 156 cm³/mol. The molecule has 0 aliphatic carbocycles. The standard InChI is InChI=1S/C30H37BrN2O7/c1-17(2)38-29(35)33-25-18(3)22(19(4)27(34)40-30(5,6)7)13-14-24(25)37-16-15-23-28(36-8)39-26(32-23)20-9-11-21(31)12-10-20/h9-14,17,19H,15-16H2,1-8H3,(H,33,35). The molecule has 3 rings (SSSR count). The number of hydrogen-bond donors (Lipinski definition) is 1. The van der Waals surface area contributed by atoms with E-state index in [0.717, 1.165) is 10.0 Å². The van der Waals surface area contributed by atoms with Crippen molar-refractivity contribution >= 4 is 33.7 Å². The van der Waals surface area contributed by atoms with Gasteiger partial charge in [0.2, 0.25) is 5.89 Å². The van der Waals surface area contributed by atoms with Crippen molar-refractivity contribution in [3.8, 4) is 23.1 Å². The molecule has 2 aromatic carbocycles. The van der Waals surface area contributed by atoms with E-state index in [4.69, 9.17) is 23.4 Å². The van der Waals surface area contributed by atoms with Gasteiger partial charge in [-0.25, -0.2) is 9.78 Å². The second-order valence-corrected chi connectivity index (χ2v) is 11.5. The Kier molecular flexibility index (Phi) is 10.2. The van der Waals surface area contributed by atoms with Gasteiger partial charge in [0.05, 0.1) is 31.4 Å². The van der Waals surface area contributed by atoms with Crippen LogP contribution in [-0.2, 0) is 20.7 Å². The van der Waals surface area contributed by atoms with E-state index in [-0.39, 0.29) is 18.7 Å². The minimum Gasteiger partial charge on any atom is -0.491 e. The number of halogens is 1. The minimum atomic E-state index is -0.623. The molecule has 1 unspecified atom stereocenters. The highest BCUT2D eigenvalue weighted by atomic mass is 79.9. The maximum absolute atomic E-state index is 12.8. The van der Waals surface area contributed by atoms with E-state index in [1.54, 1.807) is 32.9 Å². The number of anilines is 1. The first kappa shape index (κ1) is 31.0. The zero-order chi connectivity index (χ0) is 29.6. The lowest BCUT2D eigenvalue weighted by Crippen LogP contribution is -2.27. The van der Waals surface area contributed by atoms with Crippen molar-refractivity contribution in [2.24, 2.45) is 0 Å². The highest BCUT2D eigenvalue weighted by molar-refractivity contribution is 9.10. The molecule has 0 aliphatic heterocycles. The maximum atomic E-state index is 12.8. The fourth-order valence-corrected chi connectivity index (χ4v) is 4.20. The van der Waals surface area contributed by atoms with Crippen LogP contribution in [0, 0.1) is 6.92 Å². The first-order valence-electron chi connectivity index (χ1n) is 13.1. The molecule has 0 bridgehead atoms. The largest absolute Gasteiger partial charge is 0.491 e. The van der Waals surface area contributed by atoms with E-state index < -0.39 is 17.6 Å². The summed E-state index contributed by atoms with van der Waals surface area (Å²) < 4.78 is 29.1. The minimum absolute atomic E-state index is 0.219. The number of hydrogen-bond acceptors (Lipinski definition) is 8. The second-order valence-electron chi connectivity index (χ2n) is 10.5. The van der Waals surface area contributed by atoms with Crippen LogP contribution in [0.25, 0.3) is 11.5 Å². The third-order valence-electron chi connectivity index (χ3n) is 5.80. The summed E-state index contributed by atoms with van der Waals surface area (Å²) in [4.78, 5) is 29.9. The van der Waals surface area contributed by atoms with Gasteiger partial charge in [-0.2, -0.15) is 0 Å². The lowest BCUT2D eigenvalue weighted by molar-refractivity contribution is -0.156. The van der Waals surface area contributed by atoms with Crippen molar-refractivity contribution in [3.05, 3.63) is 57.7 Å². The van der Waals surface area contributed by atoms with Gasteiger partial charge in [-0.15, -0.1) is 0 Å². The molecule has 0 spiro atoms. The molecular formula is C30H37BrN2O7. The number of nitrogens with zero attached hydrogens (tertiary/aromatic N) is 1. The van der Waals surface area contributed by atoms with Crippen molar-refractivity contribution in [2.45, 2.75) is 72.5 Å². The van der Waals surface area contributed by atoms with Crippen LogP contribution in [0.4, 0.5) is 10.5 Å². The normalized spacial score (nSPS) is 12.2. The molecule has 10 heteroatoms.